The van der Waals surface area contributed by atoms with Crippen LogP contribution in [0.15, 0.2) is 72.9 Å². The number of aliphatic hydroxyl groups is 1. The molecule has 2 aromatic carbocycles. The Morgan fingerprint density at radius 2 is 1.52 bits per heavy atom. The molecule has 3 heteroatoms. The smallest absolute Gasteiger partial charge is 0.127 e. The van der Waals surface area contributed by atoms with Crippen LogP contribution in [0.4, 0.5) is 0 Å². The number of aryl methyl sites for hydroxylation is 1. The summed E-state index contributed by atoms with van der Waals surface area (Å²) < 4.78 is 7.66. The van der Waals surface area contributed by atoms with E-state index in [1.807, 2.05) is 84.5 Å². The summed E-state index contributed by atoms with van der Waals surface area (Å²) in [5.74, 6) is 1.55. The first-order valence-corrected chi connectivity index (χ1v) is 6.86. The standard InChI is InChI=1S/C18H17NO2/c1-19-13-5-8-17(19)18(20)14-9-11-16(12-10-14)21-15-6-3-2-4-7-15/h2-13,18,20H,1H3. The molecule has 0 aliphatic rings. The summed E-state index contributed by atoms with van der Waals surface area (Å²) >= 11 is 0. The SMILES string of the molecule is Cn1cccc1C(O)c1ccc(Oc2ccccc2)cc1. The molecular weight excluding hydrogens is 262 g/mol. The van der Waals surface area contributed by atoms with Gasteiger partial charge in [-0.3, -0.25) is 0 Å². The summed E-state index contributed by atoms with van der Waals surface area (Å²) in [6.07, 6.45) is 1.29. The minimum absolute atomic E-state index is 0.629. The van der Waals surface area contributed by atoms with Gasteiger partial charge in [0.05, 0.1) is 5.69 Å². The molecule has 0 saturated heterocycles. The highest BCUT2D eigenvalue weighted by molar-refractivity contribution is 5.35. The largest absolute Gasteiger partial charge is 0.457 e. The second kappa shape index (κ2) is 5.85. The number of rotatable bonds is 4. The van der Waals surface area contributed by atoms with Crippen LogP contribution in [0.25, 0.3) is 0 Å². The normalized spacial score (nSPS) is 12.1. The molecule has 0 fully saturated rings. The molecule has 1 aromatic heterocycles. The Kier molecular flexibility index (Phi) is 3.75. The lowest BCUT2D eigenvalue weighted by molar-refractivity contribution is 0.211. The maximum Gasteiger partial charge on any atom is 0.127 e. The van der Waals surface area contributed by atoms with E-state index in [2.05, 4.69) is 0 Å². The maximum atomic E-state index is 10.4. The Bertz CT molecular complexity index is 702. The predicted molar refractivity (Wildman–Crippen MR) is 82.4 cm³/mol. The zero-order valence-corrected chi connectivity index (χ0v) is 11.8. The number of hydrogen-bond acceptors (Lipinski definition) is 2. The van der Waals surface area contributed by atoms with E-state index >= 15 is 0 Å². The third-order valence-corrected chi connectivity index (χ3v) is 3.44. The van der Waals surface area contributed by atoms with Gasteiger partial charge in [0.2, 0.25) is 0 Å². The first-order chi connectivity index (χ1) is 10.2. The van der Waals surface area contributed by atoms with Crippen LogP contribution in [0, 0.1) is 0 Å². The van der Waals surface area contributed by atoms with Gasteiger partial charge in [0.1, 0.15) is 17.6 Å². The van der Waals surface area contributed by atoms with Crippen molar-refractivity contribution < 1.29 is 9.84 Å². The van der Waals surface area contributed by atoms with E-state index in [0.717, 1.165) is 22.8 Å². The molecular formula is C18H17NO2. The molecule has 3 nitrogen and oxygen atoms in total. The van der Waals surface area contributed by atoms with Crippen molar-refractivity contribution in [2.45, 2.75) is 6.10 Å². The quantitative estimate of drug-likeness (QED) is 0.786. The van der Waals surface area contributed by atoms with Gasteiger partial charge in [-0.25, -0.2) is 0 Å². The van der Waals surface area contributed by atoms with E-state index in [1.165, 1.54) is 0 Å². The van der Waals surface area contributed by atoms with Crippen LogP contribution in [0.5, 0.6) is 11.5 Å². The van der Waals surface area contributed by atoms with Crippen LogP contribution < -0.4 is 4.74 Å². The molecule has 1 heterocycles. The molecule has 0 spiro atoms. The topological polar surface area (TPSA) is 34.4 Å². The van der Waals surface area contributed by atoms with Crippen LogP contribution in [0.2, 0.25) is 0 Å². The van der Waals surface area contributed by atoms with E-state index in [1.54, 1.807) is 0 Å². The number of ether oxygens (including phenoxy) is 1. The van der Waals surface area contributed by atoms with Gasteiger partial charge in [-0.15, -0.1) is 0 Å². The van der Waals surface area contributed by atoms with Gasteiger partial charge in [-0.2, -0.15) is 0 Å². The van der Waals surface area contributed by atoms with Crippen LogP contribution in [-0.2, 0) is 7.05 Å². The minimum Gasteiger partial charge on any atom is -0.457 e. The monoisotopic (exact) mass is 279 g/mol. The summed E-state index contributed by atoms with van der Waals surface area (Å²) in [6, 6.07) is 21.0. The Balaban J connectivity index is 1.77. The summed E-state index contributed by atoms with van der Waals surface area (Å²) in [6.45, 7) is 0. The number of benzene rings is 2. The fraction of sp³-hybridized carbons (Fsp3) is 0.111. The minimum atomic E-state index is -0.629. The molecule has 0 aliphatic heterocycles. The van der Waals surface area contributed by atoms with Gasteiger partial charge in [-0.05, 0) is 42.0 Å². The van der Waals surface area contributed by atoms with Crippen LogP contribution in [-0.4, -0.2) is 9.67 Å². The number of nitrogens with zero attached hydrogens (tertiary/aromatic N) is 1. The Hall–Kier alpha value is -2.52. The molecule has 1 unspecified atom stereocenters. The average molecular weight is 279 g/mol. The lowest BCUT2D eigenvalue weighted by Crippen LogP contribution is -2.04. The van der Waals surface area contributed by atoms with Crippen molar-refractivity contribution in [2.24, 2.45) is 7.05 Å². The van der Waals surface area contributed by atoms with Gasteiger partial charge in [0.15, 0.2) is 0 Å². The van der Waals surface area contributed by atoms with E-state index < -0.39 is 6.10 Å². The van der Waals surface area contributed by atoms with Crippen molar-refractivity contribution in [1.29, 1.82) is 0 Å². The summed E-state index contributed by atoms with van der Waals surface area (Å²) in [5, 5.41) is 10.4. The fourth-order valence-electron chi connectivity index (χ4n) is 2.27. The van der Waals surface area contributed by atoms with Crippen molar-refractivity contribution in [1.82, 2.24) is 4.57 Å². The third-order valence-electron chi connectivity index (χ3n) is 3.44. The number of para-hydroxylation sites is 1. The van der Waals surface area contributed by atoms with Crippen molar-refractivity contribution in [3.63, 3.8) is 0 Å². The van der Waals surface area contributed by atoms with Crippen molar-refractivity contribution >= 4 is 0 Å². The first-order valence-electron chi connectivity index (χ1n) is 6.86. The average Bonchev–Trinajstić information content (AvgIpc) is 2.94. The molecule has 0 amide bonds. The van der Waals surface area contributed by atoms with Gasteiger partial charge in [-0.1, -0.05) is 30.3 Å². The van der Waals surface area contributed by atoms with E-state index in [4.69, 9.17) is 4.74 Å². The Labute approximate surface area is 124 Å². The Morgan fingerprint density at radius 1 is 0.857 bits per heavy atom. The van der Waals surface area contributed by atoms with Gasteiger partial charge >= 0.3 is 0 Å². The van der Waals surface area contributed by atoms with Crippen LogP contribution in [0.3, 0.4) is 0 Å². The second-order valence-corrected chi connectivity index (χ2v) is 4.93. The van der Waals surface area contributed by atoms with Crippen molar-refractivity contribution in [3.05, 3.63) is 84.2 Å². The van der Waals surface area contributed by atoms with E-state index in [-0.39, 0.29) is 0 Å². The molecule has 0 radical (unpaired) electrons. The highest BCUT2D eigenvalue weighted by Crippen LogP contribution is 2.26. The fourth-order valence-corrected chi connectivity index (χ4v) is 2.27. The molecule has 1 N–H and O–H groups in total. The number of aromatic nitrogens is 1. The summed E-state index contributed by atoms with van der Waals surface area (Å²) in [5.41, 5.74) is 1.71. The molecule has 1 atom stereocenters. The van der Waals surface area contributed by atoms with E-state index in [9.17, 15) is 5.11 Å². The summed E-state index contributed by atoms with van der Waals surface area (Å²) in [7, 11) is 1.92. The maximum absolute atomic E-state index is 10.4. The molecule has 21 heavy (non-hydrogen) atoms. The molecule has 3 aromatic rings. The molecule has 106 valence electrons. The Morgan fingerprint density at radius 3 is 2.14 bits per heavy atom. The molecule has 0 saturated carbocycles. The van der Waals surface area contributed by atoms with Crippen molar-refractivity contribution in [3.8, 4) is 11.5 Å². The number of hydrogen-bond donors (Lipinski definition) is 1. The highest BCUT2D eigenvalue weighted by Gasteiger charge is 2.12. The second-order valence-electron chi connectivity index (χ2n) is 4.93. The third kappa shape index (κ3) is 2.98. The number of aliphatic hydroxyl groups excluding tert-OH is 1. The predicted octanol–water partition coefficient (Wildman–Crippen LogP) is 3.90. The zero-order valence-electron chi connectivity index (χ0n) is 11.8. The molecule has 3 rings (SSSR count). The van der Waals surface area contributed by atoms with Crippen LogP contribution in [0.1, 0.15) is 17.4 Å². The van der Waals surface area contributed by atoms with Crippen LogP contribution >= 0.6 is 0 Å². The van der Waals surface area contributed by atoms with Crippen molar-refractivity contribution in [2.75, 3.05) is 0 Å². The molecule has 0 bridgehead atoms. The van der Waals surface area contributed by atoms with Gasteiger partial charge < -0.3 is 14.4 Å². The highest BCUT2D eigenvalue weighted by atomic mass is 16.5. The lowest BCUT2D eigenvalue weighted by atomic mass is 10.1. The lowest BCUT2D eigenvalue weighted by Gasteiger charge is -2.13. The van der Waals surface area contributed by atoms with E-state index in [0.29, 0.717) is 0 Å². The first kappa shape index (κ1) is 13.5. The van der Waals surface area contributed by atoms with Gasteiger partial charge in [0, 0.05) is 13.2 Å². The zero-order chi connectivity index (χ0) is 14.7. The molecule has 0 aliphatic carbocycles. The van der Waals surface area contributed by atoms with Gasteiger partial charge in [0.25, 0.3) is 0 Å². The summed E-state index contributed by atoms with van der Waals surface area (Å²) in [4.78, 5) is 0.